The van der Waals surface area contributed by atoms with E-state index in [1.807, 2.05) is 48.5 Å². The normalized spacial score (nSPS) is 13.9. The SMILES string of the molecule is NNC(=Nc1ccccc1)c1cccc2c1OCCO2. The van der Waals surface area contributed by atoms with Crippen molar-refractivity contribution in [3.63, 3.8) is 0 Å². The predicted octanol–water partition coefficient (Wildman–Crippen LogP) is 2.00. The summed E-state index contributed by atoms with van der Waals surface area (Å²) in [6.07, 6.45) is 0. The quantitative estimate of drug-likeness (QED) is 0.379. The van der Waals surface area contributed by atoms with E-state index >= 15 is 0 Å². The number of nitrogens with one attached hydrogen (secondary N) is 1. The van der Waals surface area contributed by atoms with E-state index in [1.165, 1.54) is 0 Å². The van der Waals surface area contributed by atoms with Crippen molar-refractivity contribution in [3.05, 3.63) is 54.1 Å². The number of rotatable bonds is 2. The molecule has 0 aliphatic carbocycles. The average Bonchev–Trinajstić information content (AvgIpc) is 2.53. The lowest BCUT2D eigenvalue weighted by molar-refractivity contribution is 0.171. The maximum absolute atomic E-state index is 5.67. The van der Waals surface area contributed by atoms with E-state index < -0.39 is 0 Å². The van der Waals surface area contributed by atoms with Crippen LogP contribution < -0.4 is 20.7 Å². The van der Waals surface area contributed by atoms with Crippen LogP contribution in [-0.4, -0.2) is 19.0 Å². The van der Waals surface area contributed by atoms with Gasteiger partial charge in [-0.2, -0.15) is 0 Å². The molecule has 5 nitrogen and oxygen atoms in total. The first-order valence-corrected chi connectivity index (χ1v) is 6.38. The van der Waals surface area contributed by atoms with Crippen LogP contribution in [0.1, 0.15) is 5.56 Å². The number of ether oxygens (including phenoxy) is 2. The highest BCUT2D eigenvalue weighted by Gasteiger charge is 2.18. The van der Waals surface area contributed by atoms with E-state index in [-0.39, 0.29) is 0 Å². The summed E-state index contributed by atoms with van der Waals surface area (Å²) in [6.45, 7) is 1.07. The van der Waals surface area contributed by atoms with Gasteiger partial charge in [0, 0.05) is 0 Å². The van der Waals surface area contributed by atoms with Gasteiger partial charge in [-0.05, 0) is 24.3 Å². The van der Waals surface area contributed by atoms with Gasteiger partial charge in [0.1, 0.15) is 13.2 Å². The van der Waals surface area contributed by atoms with E-state index in [2.05, 4.69) is 10.4 Å². The molecule has 0 amide bonds. The molecule has 2 aromatic rings. The highest BCUT2D eigenvalue weighted by Crippen LogP contribution is 2.34. The smallest absolute Gasteiger partial charge is 0.172 e. The standard InChI is InChI=1S/C15H15N3O2/c16-18-15(17-11-5-2-1-3-6-11)12-7-4-8-13-14(12)20-10-9-19-13/h1-8H,9-10,16H2,(H,17,18). The van der Waals surface area contributed by atoms with Gasteiger partial charge in [-0.1, -0.05) is 24.3 Å². The van der Waals surface area contributed by atoms with Gasteiger partial charge in [0.15, 0.2) is 17.3 Å². The summed E-state index contributed by atoms with van der Waals surface area (Å²) in [6, 6.07) is 15.3. The van der Waals surface area contributed by atoms with Gasteiger partial charge in [0.05, 0.1) is 11.3 Å². The zero-order valence-electron chi connectivity index (χ0n) is 10.9. The molecule has 0 fully saturated rings. The average molecular weight is 269 g/mol. The van der Waals surface area contributed by atoms with Crippen molar-refractivity contribution in [2.75, 3.05) is 13.2 Å². The number of hydrazine groups is 1. The predicted molar refractivity (Wildman–Crippen MR) is 77.4 cm³/mol. The van der Waals surface area contributed by atoms with Crippen molar-refractivity contribution in [1.29, 1.82) is 0 Å². The van der Waals surface area contributed by atoms with E-state index in [9.17, 15) is 0 Å². The molecule has 2 aromatic carbocycles. The molecule has 3 N–H and O–H groups in total. The van der Waals surface area contributed by atoms with Crippen LogP contribution in [0.15, 0.2) is 53.5 Å². The van der Waals surface area contributed by atoms with Crippen LogP contribution in [0.2, 0.25) is 0 Å². The van der Waals surface area contributed by atoms with Crippen molar-refractivity contribution in [1.82, 2.24) is 5.43 Å². The molecule has 1 aliphatic heterocycles. The fraction of sp³-hybridized carbons (Fsp3) is 0.133. The Hall–Kier alpha value is -2.53. The van der Waals surface area contributed by atoms with E-state index in [0.717, 1.165) is 11.3 Å². The Morgan fingerprint density at radius 3 is 2.60 bits per heavy atom. The van der Waals surface area contributed by atoms with Gasteiger partial charge in [-0.15, -0.1) is 0 Å². The van der Waals surface area contributed by atoms with Crippen molar-refractivity contribution in [3.8, 4) is 11.5 Å². The van der Waals surface area contributed by atoms with Crippen LogP contribution in [0.3, 0.4) is 0 Å². The Labute approximate surface area is 117 Å². The molecule has 3 rings (SSSR count). The summed E-state index contributed by atoms with van der Waals surface area (Å²) in [5.74, 6) is 7.53. The molecule has 1 heterocycles. The lowest BCUT2D eigenvalue weighted by Crippen LogP contribution is -2.32. The van der Waals surface area contributed by atoms with E-state index in [4.69, 9.17) is 15.3 Å². The van der Waals surface area contributed by atoms with Crippen molar-refractivity contribution < 1.29 is 9.47 Å². The Morgan fingerprint density at radius 1 is 1.00 bits per heavy atom. The number of hydrogen-bond acceptors (Lipinski definition) is 4. The van der Waals surface area contributed by atoms with Crippen LogP contribution >= 0.6 is 0 Å². The largest absolute Gasteiger partial charge is 0.486 e. The van der Waals surface area contributed by atoms with Crippen LogP contribution in [0, 0.1) is 0 Å². The van der Waals surface area contributed by atoms with Crippen LogP contribution in [0.25, 0.3) is 0 Å². The number of hydrogen-bond donors (Lipinski definition) is 2. The monoisotopic (exact) mass is 269 g/mol. The molecule has 0 unspecified atom stereocenters. The molecule has 0 saturated heterocycles. The molecule has 0 atom stereocenters. The molecule has 0 saturated carbocycles. The maximum Gasteiger partial charge on any atom is 0.172 e. The minimum atomic E-state index is 0.521. The van der Waals surface area contributed by atoms with Gasteiger partial charge < -0.3 is 14.9 Å². The van der Waals surface area contributed by atoms with Gasteiger partial charge in [-0.25, -0.2) is 10.8 Å². The molecule has 5 heteroatoms. The van der Waals surface area contributed by atoms with E-state index in [1.54, 1.807) is 0 Å². The molecule has 20 heavy (non-hydrogen) atoms. The molecule has 102 valence electrons. The first kappa shape index (κ1) is 12.5. The number of nitrogens with two attached hydrogens (primary N) is 1. The number of aliphatic imine (C=N–C) groups is 1. The Bertz CT molecular complexity index is 626. The second-order valence-electron chi connectivity index (χ2n) is 4.27. The molecular formula is C15H15N3O2. The number of nitrogens with zero attached hydrogens (tertiary/aromatic N) is 1. The minimum absolute atomic E-state index is 0.521. The van der Waals surface area contributed by atoms with Crippen molar-refractivity contribution >= 4 is 11.5 Å². The lowest BCUT2D eigenvalue weighted by Gasteiger charge is -2.21. The van der Waals surface area contributed by atoms with Gasteiger partial charge in [0.25, 0.3) is 0 Å². The first-order valence-electron chi connectivity index (χ1n) is 6.38. The summed E-state index contributed by atoms with van der Waals surface area (Å²) in [5, 5.41) is 0. The Morgan fingerprint density at radius 2 is 1.80 bits per heavy atom. The fourth-order valence-corrected chi connectivity index (χ4v) is 2.06. The second kappa shape index (κ2) is 5.63. The van der Waals surface area contributed by atoms with Gasteiger partial charge in [0.2, 0.25) is 0 Å². The highest BCUT2D eigenvalue weighted by molar-refractivity contribution is 6.03. The molecule has 0 spiro atoms. The Balaban J connectivity index is 2.04. The first-order chi connectivity index (χ1) is 9.88. The molecule has 0 bridgehead atoms. The number of para-hydroxylation sites is 2. The van der Waals surface area contributed by atoms with Crippen molar-refractivity contribution in [2.45, 2.75) is 0 Å². The third kappa shape index (κ3) is 2.44. The van der Waals surface area contributed by atoms with Gasteiger partial charge in [-0.3, -0.25) is 0 Å². The Kier molecular flexibility index (Phi) is 3.52. The minimum Gasteiger partial charge on any atom is -0.486 e. The number of benzene rings is 2. The third-order valence-electron chi connectivity index (χ3n) is 2.96. The maximum atomic E-state index is 5.67. The van der Waals surface area contributed by atoms with Crippen LogP contribution in [0.5, 0.6) is 11.5 Å². The fourth-order valence-electron chi connectivity index (χ4n) is 2.06. The third-order valence-corrected chi connectivity index (χ3v) is 2.96. The van der Waals surface area contributed by atoms with Gasteiger partial charge >= 0.3 is 0 Å². The topological polar surface area (TPSA) is 68.9 Å². The van der Waals surface area contributed by atoms with Crippen LogP contribution in [-0.2, 0) is 0 Å². The number of fused-ring (bicyclic) bond motifs is 1. The zero-order valence-corrected chi connectivity index (χ0v) is 10.9. The molecular weight excluding hydrogens is 254 g/mol. The summed E-state index contributed by atoms with van der Waals surface area (Å²) in [7, 11) is 0. The number of amidine groups is 1. The van der Waals surface area contributed by atoms with Crippen LogP contribution in [0.4, 0.5) is 5.69 Å². The summed E-state index contributed by atoms with van der Waals surface area (Å²) in [5.41, 5.74) is 4.23. The molecule has 0 aromatic heterocycles. The van der Waals surface area contributed by atoms with Crippen molar-refractivity contribution in [2.24, 2.45) is 10.8 Å². The summed E-state index contributed by atoms with van der Waals surface area (Å²) >= 11 is 0. The summed E-state index contributed by atoms with van der Waals surface area (Å²) < 4.78 is 11.2. The molecule has 0 radical (unpaired) electrons. The zero-order chi connectivity index (χ0) is 13.8. The summed E-state index contributed by atoms with van der Waals surface area (Å²) in [4.78, 5) is 4.50. The van der Waals surface area contributed by atoms with E-state index in [0.29, 0.717) is 30.5 Å². The second-order valence-corrected chi connectivity index (χ2v) is 4.27. The highest BCUT2D eigenvalue weighted by atomic mass is 16.6. The molecule has 1 aliphatic rings. The lowest BCUT2D eigenvalue weighted by atomic mass is 10.1.